The van der Waals surface area contributed by atoms with Gasteiger partial charge in [-0.1, -0.05) is 0 Å². The molecular weight excluding hydrogens is 432 g/mol. The SMILES string of the molecule is O=C(c1ccc(F)cc1)C(CN1C(=O)c2ccc([N+](=O)[O-])cc2C1=O)SC(F)(F)F. The Labute approximate surface area is 169 Å². The lowest BCUT2D eigenvalue weighted by molar-refractivity contribution is -0.384. The second kappa shape index (κ2) is 7.86. The molecule has 1 aliphatic heterocycles. The Morgan fingerprint density at radius 1 is 1.07 bits per heavy atom. The number of amides is 2. The van der Waals surface area contributed by atoms with Crippen molar-refractivity contribution in [3.63, 3.8) is 0 Å². The fraction of sp³-hybridized carbons (Fsp3) is 0.167. The number of hydrogen-bond acceptors (Lipinski definition) is 6. The molecule has 156 valence electrons. The summed E-state index contributed by atoms with van der Waals surface area (Å²) in [6.45, 7) is -0.916. The van der Waals surface area contributed by atoms with E-state index in [-0.39, 0.29) is 16.7 Å². The van der Waals surface area contributed by atoms with Crippen molar-refractivity contribution < 1.29 is 36.9 Å². The zero-order chi connectivity index (χ0) is 22.2. The molecule has 0 saturated carbocycles. The first kappa shape index (κ1) is 21.4. The van der Waals surface area contributed by atoms with Gasteiger partial charge in [-0.25, -0.2) is 4.39 Å². The summed E-state index contributed by atoms with van der Waals surface area (Å²) >= 11 is -0.711. The number of non-ortho nitro benzene ring substituents is 1. The lowest BCUT2D eigenvalue weighted by atomic mass is 10.1. The number of fused-ring (bicyclic) bond motifs is 1. The summed E-state index contributed by atoms with van der Waals surface area (Å²) in [5, 5.41) is 8.96. The normalized spacial score (nSPS) is 14.6. The zero-order valence-corrected chi connectivity index (χ0v) is 15.5. The van der Waals surface area contributed by atoms with Crippen molar-refractivity contribution >= 4 is 35.0 Å². The van der Waals surface area contributed by atoms with Crippen LogP contribution < -0.4 is 0 Å². The average molecular weight is 442 g/mol. The van der Waals surface area contributed by atoms with Gasteiger partial charge in [-0.3, -0.25) is 29.4 Å². The number of benzene rings is 2. The van der Waals surface area contributed by atoms with Crippen LogP contribution in [0.25, 0.3) is 0 Å². The highest BCUT2D eigenvalue weighted by Crippen LogP contribution is 2.37. The third-order valence-corrected chi connectivity index (χ3v) is 5.13. The van der Waals surface area contributed by atoms with Gasteiger partial charge in [0, 0.05) is 24.2 Å². The number of halogens is 4. The van der Waals surface area contributed by atoms with Crippen LogP contribution in [0, 0.1) is 15.9 Å². The fourth-order valence-electron chi connectivity index (χ4n) is 2.86. The van der Waals surface area contributed by atoms with Crippen LogP contribution in [0.1, 0.15) is 31.1 Å². The number of imide groups is 1. The van der Waals surface area contributed by atoms with Gasteiger partial charge in [0.05, 0.1) is 21.3 Å². The Hall–Kier alpha value is -3.28. The molecule has 1 aliphatic rings. The quantitative estimate of drug-likeness (QED) is 0.222. The highest BCUT2D eigenvalue weighted by Gasteiger charge is 2.43. The van der Waals surface area contributed by atoms with Crippen LogP contribution in [0.4, 0.5) is 23.2 Å². The van der Waals surface area contributed by atoms with Gasteiger partial charge >= 0.3 is 5.51 Å². The van der Waals surface area contributed by atoms with Crippen molar-refractivity contribution in [2.45, 2.75) is 10.8 Å². The first-order chi connectivity index (χ1) is 14.0. The van der Waals surface area contributed by atoms with Crippen molar-refractivity contribution in [2.75, 3.05) is 6.54 Å². The predicted octanol–water partition coefficient (Wildman–Crippen LogP) is 3.83. The topological polar surface area (TPSA) is 97.6 Å². The Kier molecular flexibility index (Phi) is 5.61. The molecule has 2 amide bonds. The largest absolute Gasteiger partial charge is 0.442 e. The van der Waals surface area contributed by atoms with Gasteiger partial charge in [0.1, 0.15) is 5.82 Å². The number of Topliss-reactive ketones (excluding diaryl/α,β-unsaturated/α-hetero) is 1. The molecule has 12 heteroatoms. The third kappa shape index (κ3) is 4.32. The summed E-state index contributed by atoms with van der Waals surface area (Å²) < 4.78 is 52.1. The smallest absolute Gasteiger partial charge is 0.293 e. The van der Waals surface area contributed by atoms with Gasteiger partial charge < -0.3 is 0 Å². The molecule has 0 saturated heterocycles. The van der Waals surface area contributed by atoms with Gasteiger partial charge in [0.15, 0.2) is 5.78 Å². The van der Waals surface area contributed by atoms with Crippen molar-refractivity contribution in [1.29, 1.82) is 0 Å². The maximum Gasteiger partial charge on any atom is 0.442 e. The molecule has 0 radical (unpaired) electrons. The number of hydrogen-bond donors (Lipinski definition) is 0. The van der Waals surface area contributed by atoms with Crippen molar-refractivity contribution in [1.82, 2.24) is 4.90 Å². The molecule has 2 aromatic rings. The second-order valence-electron chi connectivity index (χ2n) is 6.13. The summed E-state index contributed by atoms with van der Waals surface area (Å²) in [5.41, 5.74) is -6.11. The minimum Gasteiger partial charge on any atom is -0.293 e. The van der Waals surface area contributed by atoms with Crippen molar-refractivity contribution in [3.05, 3.63) is 75.1 Å². The minimum atomic E-state index is -4.86. The predicted molar refractivity (Wildman–Crippen MR) is 96.6 cm³/mol. The van der Waals surface area contributed by atoms with Crippen LogP contribution in [0.3, 0.4) is 0 Å². The highest BCUT2D eigenvalue weighted by atomic mass is 32.2. The molecule has 0 aromatic heterocycles. The second-order valence-corrected chi connectivity index (χ2v) is 7.40. The summed E-state index contributed by atoms with van der Waals surface area (Å²) in [7, 11) is 0. The molecule has 2 aromatic carbocycles. The lowest BCUT2D eigenvalue weighted by Crippen LogP contribution is -2.40. The molecule has 0 spiro atoms. The van der Waals surface area contributed by atoms with Gasteiger partial charge in [-0.05, 0) is 42.1 Å². The van der Waals surface area contributed by atoms with Crippen LogP contribution >= 0.6 is 11.8 Å². The first-order valence-corrected chi connectivity index (χ1v) is 9.05. The van der Waals surface area contributed by atoms with E-state index in [2.05, 4.69) is 0 Å². The maximum atomic E-state index is 13.1. The lowest BCUT2D eigenvalue weighted by Gasteiger charge is -2.22. The van der Waals surface area contributed by atoms with E-state index in [0.29, 0.717) is 4.90 Å². The fourth-order valence-corrected chi connectivity index (χ4v) is 3.65. The van der Waals surface area contributed by atoms with Crippen LogP contribution in [-0.2, 0) is 0 Å². The number of rotatable bonds is 6. The molecule has 0 fully saturated rings. The third-order valence-electron chi connectivity index (χ3n) is 4.21. The Morgan fingerprint density at radius 3 is 2.23 bits per heavy atom. The summed E-state index contributed by atoms with van der Waals surface area (Å²) in [6.07, 6.45) is 0. The van der Waals surface area contributed by atoms with E-state index in [9.17, 15) is 42.1 Å². The molecule has 30 heavy (non-hydrogen) atoms. The van der Waals surface area contributed by atoms with Gasteiger partial charge in [0.2, 0.25) is 0 Å². The molecule has 3 rings (SSSR count). The maximum absolute atomic E-state index is 13.1. The van der Waals surface area contributed by atoms with E-state index in [0.717, 1.165) is 42.5 Å². The standard InChI is InChI=1S/C18H10F4N2O5S/c19-10-3-1-9(2-4-10)15(25)14(30-18(20,21)22)8-23-16(26)12-6-5-11(24(28)29)7-13(12)17(23)27/h1-7,14H,8H2. The van der Waals surface area contributed by atoms with Crippen molar-refractivity contribution in [2.24, 2.45) is 0 Å². The van der Waals surface area contributed by atoms with Crippen molar-refractivity contribution in [3.8, 4) is 0 Å². The molecular formula is C18H10F4N2O5S. The van der Waals surface area contributed by atoms with E-state index in [4.69, 9.17) is 0 Å². The average Bonchev–Trinajstić information content (AvgIpc) is 2.91. The van der Waals surface area contributed by atoms with Crippen LogP contribution in [0.15, 0.2) is 42.5 Å². The number of thioether (sulfide) groups is 1. The number of carbonyl (C=O) groups excluding carboxylic acids is 3. The molecule has 1 heterocycles. The Balaban J connectivity index is 1.91. The van der Waals surface area contributed by atoms with E-state index in [1.54, 1.807) is 0 Å². The number of nitro benzene ring substituents is 1. The first-order valence-electron chi connectivity index (χ1n) is 8.17. The van der Waals surface area contributed by atoms with E-state index >= 15 is 0 Å². The zero-order valence-electron chi connectivity index (χ0n) is 14.7. The molecule has 0 bridgehead atoms. The monoisotopic (exact) mass is 442 g/mol. The highest BCUT2D eigenvalue weighted by molar-refractivity contribution is 8.01. The number of alkyl halides is 3. The van der Waals surface area contributed by atoms with Gasteiger partial charge in [-0.2, -0.15) is 13.2 Å². The molecule has 0 N–H and O–H groups in total. The Bertz CT molecular complexity index is 1060. The summed E-state index contributed by atoms with van der Waals surface area (Å²) in [5.74, 6) is -3.77. The minimum absolute atomic E-state index is 0.212. The van der Waals surface area contributed by atoms with Crippen LogP contribution in [-0.4, -0.2) is 44.7 Å². The van der Waals surface area contributed by atoms with E-state index in [1.165, 1.54) is 0 Å². The number of carbonyl (C=O) groups is 3. The van der Waals surface area contributed by atoms with Gasteiger partial charge in [0.25, 0.3) is 17.5 Å². The molecule has 1 atom stereocenters. The van der Waals surface area contributed by atoms with Gasteiger partial charge in [-0.15, -0.1) is 0 Å². The molecule has 7 nitrogen and oxygen atoms in total. The molecule has 0 aliphatic carbocycles. The molecule has 1 unspecified atom stereocenters. The number of ketones is 1. The van der Waals surface area contributed by atoms with Crippen LogP contribution in [0.5, 0.6) is 0 Å². The Morgan fingerprint density at radius 2 is 1.67 bits per heavy atom. The van der Waals surface area contributed by atoms with E-state index < -0.39 is 63.1 Å². The van der Waals surface area contributed by atoms with Crippen LogP contribution in [0.2, 0.25) is 0 Å². The van der Waals surface area contributed by atoms with E-state index in [1.807, 2.05) is 0 Å². The summed E-state index contributed by atoms with van der Waals surface area (Å²) in [6, 6.07) is 6.64. The summed E-state index contributed by atoms with van der Waals surface area (Å²) in [4.78, 5) is 48.1. The number of nitrogens with zero attached hydrogens (tertiary/aromatic N) is 2. The number of nitro groups is 1.